The van der Waals surface area contributed by atoms with Crippen LogP contribution in [-0.2, 0) is 4.79 Å². The van der Waals surface area contributed by atoms with E-state index in [0.29, 0.717) is 11.9 Å². The highest BCUT2D eigenvalue weighted by atomic mass is 16.2. The molecule has 0 saturated carbocycles. The van der Waals surface area contributed by atoms with Crippen LogP contribution in [0, 0.1) is 0 Å². The molecule has 2 aliphatic rings. The van der Waals surface area contributed by atoms with E-state index in [4.69, 9.17) is 0 Å². The van der Waals surface area contributed by atoms with Crippen molar-refractivity contribution in [3.05, 3.63) is 0 Å². The molecule has 1 N–H and O–H groups in total. The number of carbonyl (C=O) groups is 1. The first-order valence-electron chi connectivity index (χ1n) is 6.73. The van der Waals surface area contributed by atoms with Crippen molar-refractivity contribution < 1.29 is 4.79 Å². The summed E-state index contributed by atoms with van der Waals surface area (Å²) in [6.45, 7) is 6.23. The van der Waals surface area contributed by atoms with Crippen LogP contribution in [0.15, 0.2) is 0 Å². The third-order valence-corrected chi connectivity index (χ3v) is 4.20. The topological polar surface area (TPSA) is 32.3 Å². The Morgan fingerprint density at radius 1 is 1.44 bits per heavy atom. The highest BCUT2D eigenvalue weighted by Crippen LogP contribution is 2.27. The zero-order valence-corrected chi connectivity index (χ0v) is 10.6. The zero-order chi connectivity index (χ0) is 11.6. The van der Waals surface area contributed by atoms with Crippen LogP contribution in [0.1, 0.15) is 52.4 Å². The molecule has 2 heterocycles. The fourth-order valence-corrected chi connectivity index (χ4v) is 3.08. The molecule has 0 bridgehead atoms. The Hall–Kier alpha value is -0.570. The minimum atomic E-state index is -0.282. The molecule has 0 aliphatic carbocycles. The molecule has 3 heteroatoms. The molecule has 2 saturated heterocycles. The van der Waals surface area contributed by atoms with Gasteiger partial charge in [0.25, 0.3) is 0 Å². The monoisotopic (exact) mass is 224 g/mol. The number of nitrogens with zero attached hydrogens (tertiary/aromatic N) is 1. The Bertz CT molecular complexity index is 259. The summed E-state index contributed by atoms with van der Waals surface area (Å²) in [5.74, 6) is 0.344. The van der Waals surface area contributed by atoms with E-state index < -0.39 is 0 Å². The Labute approximate surface area is 98.6 Å². The molecule has 3 nitrogen and oxygen atoms in total. The van der Waals surface area contributed by atoms with E-state index in [1.807, 2.05) is 0 Å². The molecule has 2 atom stereocenters. The van der Waals surface area contributed by atoms with Crippen LogP contribution in [0.4, 0.5) is 0 Å². The molecule has 2 rings (SSSR count). The number of carbonyl (C=O) groups excluding carboxylic acids is 1. The Morgan fingerprint density at radius 2 is 2.25 bits per heavy atom. The normalized spacial score (nSPS) is 35.4. The van der Waals surface area contributed by atoms with E-state index in [1.54, 1.807) is 0 Å². The first-order chi connectivity index (χ1) is 7.67. The van der Waals surface area contributed by atoms with Gasteiger partial charge in [0, 0.05) is 12.6 Å². The largest absolute Gasteiger partial charge is 0.338 e. The second kappa shape index (κ2) is 4.74. The maximum Gasteiger partial charge on any atom is 0.242 e. The predicted octanol–water partition coefficient (Wildman–Crippen LogP) is 1.92. The van der Waals surface area contributed by atoms with Gasteiger partial charge in [-0.2, -0.15) is 0 Å². The van der Waals surface area contributed by atoms with E-state index in [9.17, 15) is 4.79 Å². The minimum Gasteiger partial charge on any atom is -0.338 e. The molecule has 0 spiro atoms. The van der Waals surface area contributed by atoms with Crippen molar-refractivity contribution >= 4 is 5.91 Å². The van der Waals surface area contributed by atoms with Crippen LogP contribution < -0.4 is 5.32 Å². The van der Waals surface area contributed by atoms with Crippen molar-refractivity contribution in [2.45, 2.75) is 64.0 Å². The average molecular weight is 224 g/mol. The lowest BCUT2D eigenvalue weighted by Gasteiger charge is -2.38. The molecule has 92 valence electrons. The van der Waals surface area contributed by atoms with Crippen molar-refractivity contribution in [1.29, 1.82) is 0 Å². The molecule has 16 heavy (non-hydrogen) atoms. The van der Waals surface area contributed by atoms with Gasteiger partial charge >= 0.3 is 0 Å². The van der Waals surface area contributed by atoms with Crippen LogP contribution in [0.25, 0.3) is 0 Å². The molecule has 0 aromatic rings. The molecule has 2 unspecified atom stereocenters. The standard InChI is InChI=1S/C13H24N2O/c1-3-11-7-6-10-15(11)12(16)13(2)8-4-5-9-14-13/h11,14H,3-10H2,1-2H3. The lowest BCUT2D eigenvalue weighted by Crippen LogP contribution is -2.58. The highest BCUT2D eigenvalue weighted by molar-refractivity contribution is 5.86. The summed E-state index contributed by atoms with van der Waals surface area (Å²) in [6, 6.07) is 0.494. The van der Waals surface area contributed by atoms with Gasteiger partial charge in [-0.3, -0.25) is 4.79 Å². The summed E-state index contributed by atoms with van der Waals surface area (Å²) in [4.78, 5) is 14.7. The number of amides is 1. The maximum atomic E-state index is 12.6. The van der Waals surface area contributed by atoms with E-state index >= 15 is 0 Å². The number of nitrogens with one attached hydrogen (secondary N) is 1. The van der Waals surface area contributed by atoms with E-state index in [-0.39, 0.29) is 5.54 Å². The number of piperidine rings is 1. The van der Waals surface area contributed by atoms with Crippen LogP contribution in [-0.4, -0.2) is 35.5 Å². The maximum absolute atomic E-state index is 12.6. The lowest BCUT2D eigenvalue weighted by molar-refractivity contribution is -0.139. The summed E-state index contributed by atoms with van der Waals surface area (Å²) < 4.78 is 0. The van der Waals surface area contributed by atoms with E-state index in [2.05, 4.69) is 24.1 Å². The first-order valence-corrected chi connectivity index (χ1v) is 6.73. The van der Waals surface area contributed by atoms with Crippen molar-refractivity contribution in [1.82, 2.24) is 10.2 Å². The highest BCUT2D eigenvalue weighted by Gasteiger charge is 2.40. The fourth-order valence-electron chi connectivity index (χ4n) is 3.08. The summed E-state index contributed by atoms with van der Waals surface area (Å²) >= 11 is 0. The van der Waals surface area contributed by atoms with Gasteiger partial charge in [-0.25, -0.2) is 0 Å². The van der Waals surface area contributed by atoms with Gasteiger partial charge in [-0.15, -0.1) is 0 Å². The third kappa shape index (κ3) is 2.10. The summed E-state index contributed by atoms with van der Waals surface area (Å²) in [7, 11) is 0. The fraction of sp³-hybridized carbons (Fsp3) is 0.923. The van der Waals surface area contributed by atoms with Crippen LogP contribution in [0.2, 0.25) is 0 Å². The second-order valence-electron chi connectivity index (χ2n) is 5.42. The molecular formula is C13H24N2O. The van der Waals surface area contributed by atoms with Crippen LogP contribution >= 0.6 is 0 Å². The quantitative estimate of drug-likeness (QED) is 0.777. The average Bonchev–Trinajstić information content (AvgIpc) is 2.77. The van der Waals surface area contributed by atoms with Crippen molar-refractivity contribution in [2.75, 3.05) is 13.1 Å². The van der Waals surface area contributed by atoms with Crippen molar-refractivity contribution in [3.8, 4) is 0 Å². The molecule has 2 aliphatic heterocycles. The Morgan fingerprint density at radius 3 is 2.88 bits per heavy atom. The van der Waals surface area contributed by atoms with Gasteiger partial charge in [0.2, 0.25) is 5.91 Å². The zero-order valence-electron chi connectivity index (χ0n) is 10.6. The van der Waals surface area contributed by atoms with Crippen LogP contribution in [0.3, 0.4) is 0 Å². The summed E-state index contributed by atoms with van der Waals surface area (Å²) in [6.07, 6.45) is 6.86. The van der Waals surface area contributed by atoms with Gasteiger partial charge in [0.15, 0.2) is 0 Å². The Balaban J connectivity index is 2.05. The van der Waals surface area contributed by atoms with Crippen molar-refractivity contribution in [2.24, 2.45) is 0 Å². The van der Waals surface area contributed by atoms with Gasteiger partial charge in [-0.05, 0) is 52.0 Å². The van der Waals surface area contributed by atoms with Gasteiger partial charge in [-0.1, -0.05) is 6.92 Å². The number of hydrogen-bond acceptors (Lipinski definition) is 2. The molecule has 0 aromatic heterocycles. The van der Waals surface area contributed by atoms with Gasteiger partial charge in [0.05, 0.1) is 5.54 Å². The minimum absolute atomic E-state index is 0.282. The van der Waals surface area contributed by atoms with Crippen molar-refractivity contribution in [3.63, 3.8) is 0 Å². The SMILES string of the molecule is CCC1CCCN1C(=O)C1(C)CCCCN1. The van der Waals surface area contributed by atoms with E-state index in [0.717, 1.165) is 25.9 Å². The van der Waals surface area contributed by atoms with Gasteiger partial charge in [0.1, 0.15) is 0 Å². The molecule has 0 radical (unpaired) electrons. The van der Waals surface area contributed by atoms with Gasteiger partial charge < -0.3 is 10.2 Å². The number of hydrogen-bond donors (Lipinski definition) is 1. The molecule has 0 aromatic carbocycles. The van der Waals surface area contributed by atoms with E-state index in [1.165, 1.54) is 25.7 Å². The van der Waals surface area contributed by atoms with Crippen LogP contribution in [0.5, 0.6) is 0 Å². The second-order valence-corrected chi connectivity index (χ2v) is 5.42. The summed E-state index contributed by atoms with van der Waals surface area (Å²) in [5, 5.41) is 3.43. The third-order valence-electron chi connectivity index (χ3n) is 4.20. The molecular weight excluding hydrogens is 200 g/mol. The number of rotatable bonds is 2. The summed E-state index contributed by atoms with van der Waals surface area (Å²) in [5.41, 5.74) is -0.282. The smallest absolute Gasteiger partial charge is 0.242 e. The lowest BCUT2D eigenvalue weighted by atomic mass is 9.89. The number of likely N-dealkylation sites (tertiary alicyclic amines) is 1. The Kier molecular flexibility index (Phi) is 3.53. The first kappa shape index (κ1) is 11.9. The molecule has 1 amide bonds. The molecule has 2 fully saturated rings. The predicted molar refractivity (Wildman–Crippen MR) is 65.3 cm³/mol.